The molecule has 2 N–H and O–H groups in total. The van der Waals surface area contributed by atoms with Crippen molar-refractivity contribution in [3.05, 3.63) is 35.5 Å². The minimum absolute atomic E-state index is 0.0257. The van der Waals surface area contributed by atoms with Crippen LogP contribution >= 0.6 is 0 Å². The number of ether oxygens (including phenoxy) is 2. The van der Waals surface area contributed by atoms with Gasteiger partial charge in [-0.05, 0) is 37.3 Å². The van der Waals surface area contributed by atoms with Gasteiger partial charge in [-0.3, -0.25) is 9.59 Å². The molecule has 1 amide bonds. The number of methoxy groups -OCH3 is 1. The highest BCUT2D eigenvalue weighted by Gasteiger charge is 2.40. The first-order chi connectivity index (χ1) is 13.6. The van der Waals surface area contributed by atoms with E-state index in [1.54, 1.807) is 0 Å². The Morgan fingerprint density at radius 1 is 1.25 bits per heavy atom. The number of nitrogens with one attached hydrogen (secondary N) is 2. The van der Waals surface area contributed by atoms with Crippen molar-refractivity contribution >= 4 is 22.8 Å². The van der Waals surface area contributed by atoms with E-state index in [4.69, 9.17) is 9.47 Å². The molecular formula is C22H30N2O4. The maximum absolute atomic E-state index is 12.3. The SMILES string of the molecule is CCCCNC(=O)CCC1(CCC(=O)OC)OCCc2c1[nH]c1ccccc21. The number of esters is 1. The van der Waals surface area contributed by atoms with Crippen LogP contribution in [0.5, 0.6) is 0 Å². The fourth-order valence-corrected chi connectivity index (χ4v) is 4.00. The first-order valence-electron chi connectivity index (χ1n) is 10.2. The number of hydrogen-bond acceptors (Lipinski definition) is 4. The third kappa shape index (κ3) is 4.38. The number of benzene rings is 1. The van der Waals surface area contributed by atoms with Crippen LogP contribution in [-0.4, -0.2) is 37.1 Å². The summed E-state index contributed by atoms with van der Waals surface area (Å²) < 4.78 is 11.1. The van der Waals surface area contributed by atoms with Gasteiger partial charge >= 0.3 is 5.97 Å². The summed E-state index contributed by atoms with van der Waals surface area (Å²) in [6.45, 7) is 3.37. The van der Waals surface area contributed by atoms with E-state index >= 15 is 0 Å². The number of carbonyl (C=O) groups excluding carboxylic acids is 2. The number of rotatable bonds is 9. The molecule has 0 radical (unpaired) electrons. The molecule has 0 fully saturated rings. The van der Waals surface area contributed by atoms with Crippen LogP contribution in [0.4, 0.5) is 0 Å². The Kier molecular flexibility index (Phi) is 6.73. The van der Waals surface area contributed by atoms with Gasteiger partial charge in [0.15, 0.2) is 0 Å². The highest BCUT2D eigenvalue weighted by molar-refractivity contribution is 5.85. The Balaban J connectivity index is 1.85. The van der Waals surface area contributed by atoms with Gasteiger partial charge in [-0.1, -0.05) is 31.5 Å². The van der Waals surface area contributed by atoms with E-state index in [9.17, 15) is 9.59 Å². The molecule has 1 atom stereocenters. The van der Waals surface area contributed by atoms with Crippen molar-refractivity contribution in [2.75, 3.05) is 20.3 Å². The summed E-state index contributed by atoms with van der Waals surface area (Å²) in [6.07, 6.45) is 4.47. The van der Waals surface area contributed by atoms with E-state index in [0.717, 1.165) is 30.5 Å². The van der Waals surface area contributed by atoms with Crippen LogP contribution < -0.4 is 5.32 Å². The molecule has 0 bridgehead atoms. The Bertz CT molecular complexity index is 829. The standard InChI is InChI=1S/C22H30N2O4/c1-3-4-14-23-19(25)9-12-22(13-10-20(26)27-2)21-17(11-15-28-22)16-7-5-6-8-18(16)24-21/h5-8,24H,3-4,9-15H2,1-2H3,(H,23,25). The first kappa shape index (κ1) is 20.4. The lowest BCUT2D eigenvalue weighted by Crippen LogP contribution is -2.38. The number of aromatic amines is 1. The van der Waals surface area contributed by atoms with Crippen molar-refractivity contribution < 1.29 is 19.1 Å². The molecule has 0 saturated heterocycles. The molecule has 28 heavy (non-hydrogen) atoms. The summed E-state index contributed by atoms with van der Waals surface area (Å²) in [4.78, 5) is 27.7. The molecule has 2 aromatic rings. The van der Waals surface area contributed by atoms with Crippen molar-refractivity contribution in [3.8, 4) is 0 Å². The Morgan fingerprint density at radius 3 is 2.82 bits per heavy atom. The fraction of sp³-hybridized carbons (Fsp3) is 0.545. The van der Waals surface area contributed by atoms with Gasteiger partial charge in [0.25, 0.3) is 0 Å². The van der Waals surface area contributed by atoms with Crippen molar-refractivity contribution in [1.29, 1.82) is 0 Å². The average Bonchev–Trinajstić information content (AvgIpc) is 3.11. The zero-order valence-electron chi connectivity index (χ0n) is 16.8. The van der Waals surface area contributed by atoms with Gasteiger partial charge in [-0.25, -0.2) is 0 Å². The molecule has 1 aliphatic rings. The number of amides is 1. The lowest BCUT2D eigenvalue weighted by atomic mass is 9.83. The fourth-order valence-electron chi connectivity index (χ4n) is 4.00. The minimum atomic E-state index is -0.678. The lowest BCUT2D eigenvalue weighted by Gasteiger charge is -2.37. The molecule has 152 valence electrons. The van der Waals surface area contributed by atoms with E-state index in [1.165, 1.54) is 18.1 Å². The third-order valence-corrected chi connectivity index (χ3v) is 5.57. The van der Waals surface area contributed by atoms with Crippen LogP contribution in [0.3, 0.4) is 0 Å². The van der Waals surface area contributed by atoms with Crippen molar-refractivity contribution in [1.82, 2.24) is 10.3 Å². The second-order valence-electron chi connectivity index (χ2n) is 7.40. The summed E-state index contributed by atoms with van der Waals surface area (Å²) in [5, 5.41) is 4.16. The third-order valence-electron chi connectivity index (χ3n) is 5.57. The summed E-state index contributed by atoms with van der Waals surface area (Å²) in [5.41, 5.74) is 2.62. The van der Waals surface area contributed by atoms with Crippen molar-refractivity contribution in [2.24, 2.45) is 0 Å². The molecule has 1 aliphatic heterocycles. The molecule has 0 saturated carbocycles. The van der Waals surface area contributed by atoms with E-state index in [2.05, 4.69) is 29.4 Å². The van der Waals surface area contributed by atoms with Gasteiger partial charge < -0.3 is 19.8 Å². The largest absolute Gasteiger partial charge is 0.469 e. The van der Waals surface area contributed by atoms with Gasteiger partial charge in [0.1, 0.15) is 5.60 Å². The predicted molar refractivity (Wildman–Crippen MR) is 108 cm³/mol. The van der Waals surface area contributed by atoms with Crippen molar-refractivity contribution in [3.63, 3.8) is 0 Å². The van der Waals surface area contributed by atoms with Crippen LogP contribution in [-0.2, 0) is 31.1 Å². The zero-order chi connectivity index (χ0) is 20.0. The minimum Gasteiger partial charge on any atom is -0.469 e. The molecule has 1 aromatic heterocycles. The first-order valence-corrected chi connectivity index (χ1v) is 10.2. The highest BCUT2D eigenvalue weighted by atomic mass is 16.5. The Labute approximate surface area is 166 Å². The number of unbranched alkanes of at least 4 members (excludes halogenated alkanes) is 1. The quantitative estimate of drug-likeness (QED) is 0.510. The summed E-state index contributed by atoms with van der Waals surface area (Å²) in [6, 6.07) is 8.19. The number of hydrogen-bond donors (Lipinski definition) is 2. The number of aromatic nitrogens is 1. The topological polar surface area (TPSA) is 80.4 Å². The normalized spacial score (nSPS) is 18.6. The monoisotopic (exact) mass is 386 g/mol. The van der Waals surface area contributed by atoms with Gasteiger partial charge in [-0.15, -0.1) is 0 Å². The Hall–Kier alpha value is -2.34. The maximum Gasteiger partial charge on any atom is 0.305 e. The molecular weight excluding hydrogens is 356 g/mol. The molecule has 6 heteroatoms. The summed E-state index contributed by atoms with van der Waals surface area (Å²) in [5.74, 6) is -0.240. The molecule has 0 spiro atoms. The summed E-state index contributed by atoms with van der Waals surface area (Å²) in [7, 11) is 1.40. The van der Waals surface area contributed by atoms with E-state index in [1.807, 2.05) is 12.1 Å². The number of para-hydroxylation sites is 1. The molecule has 6 nitrogen and oxygen atoms in total. The van der Waals surface area contributed by atoms with Crippen LogP contribution in [0.2, 0.25) is 0 Å². The predicted octanol–water partition coefficient (Wildman–Crippen LogP) is 3.59. The maximum atomic E-state index is 12.3. The lowest BCUT2D eigenvalue weighted by molar-refractivity contribution is -0.144. The van der Waals surface area contributed by atoms with Crippen molar-refractivity contribution in [2.45, 2.75) is 57.5 Å². The molecule has 2 heterocycles. The van der Waals surface area contributed by atoms with Crippen LogP contribution in [0.25, 0.3) is 10.9 Å². The van der Waals surface area contributed by atoms with Crippen LogP contribution in [0.1, 0.15) is 56.7 Å². The van der Waals surface area contributed by atoms with Gasteiger partial charge in [0.2, 0.25) is 5.91 Å². The smallest absolute Gasteiger partial charge is 0.305 e. The van der Waals surface area contributed by atoms with E-state index < -0.39 is 5.60 Å². The van der Waals surface area contributed by atoms with E-state index in [0.29, 0.717) is 32.4 Å². The zero-order valence-corrected chi connectivity index (χ0v) is 16.8. The second kappa shape index (κ2) is 9.24. The van der Waals surface area contributed by atoms with Gasteiger partial charge in [-0.2, -0.15) is 0 Å². The van der Waals surface area contributed by atoms with Crippen LogP contribution in [0.15, 0.2) is 24.3 Å². The average molecular weight is 386 g/mol. The highest BCUT2D eigenvalue weighted by Crippen LogP contribution is 2.43. The number of fused-ring (bicyclic) bond motifs is 3. The molecule has 1 unspecified atom stereocenters. The molecule has 0 aliphatic carbocycles. The van der Waals surface area contributed by atoms with Gasteiger partial charge in [0.05, 0.1) is 19.4 Å². The number of carbonyl (C=O) groups is 2. The molecule has 1 aromatic carbocycles. The Morgan fingerprint density at radius 2 is 2.04 bits per heavy atom. The van der Waals surface area contributed by atoms with Gasteiger partial charge in [0, 0.05) is 30.3 Å². The van der Waals surface area contributed by atoms with Crippen LogP contribution in [0, 0.1) is 0 Å². The molecule has 3 rings (SSSR count). The number of H-pyrrole nitrogens is 1. The second-order valence-corrected chi connectivity index (χ2v) is 7.40. The van der Waals surface area contributed by atoms with E-state index in [-0.39, 0.29) is 18.3 Å². The summed E-state index contributed by atoms with van der Waals surface area (Å²) >= 11 is 0.